The van der Waals surface area contributed by atoms with E-state index in [1.54, 1.807) is 0 Å². The third-order valence-corrected chi connectivity index (χ3v) is 4.84. The molecule has 0 aliphatic carbocycles. The van der Waals surface area contributed by atoms with Crippen molar-refractivity contribution in [3.05, 3.63) is 29.3 Å². The Balaban J connectivity index is 1.82. The fourth-order valence-corrected chi connectivity index (χ4v) is 3.43. The van der Waals surface area contributed by atoms with Crippen molar-refractivity contribution in [2.24, 2.45) is 0 Å². The second kappa shape index (κ2) is 6.06. The highest BCUT2D eigenvalue weighted by Gasteiger charge is 2.28. The Labute approximate surface area is 127 Å². The lowest BCUT2D eigenvalue weighted by Gasteiger charge is -2.39. The number of likely N-dealkylation sites (N-methyl/N-ethyl adjacent to an activating group) is 1. The highest BCUT2D eigenvalue weighted by atomic mass is 16.2. The molecule has 3 rings (SSSR count). The fraction of sp³-hybridized carbons (Fsp3) is 0.588. The van der Waals surface area contributed by atoms with Crippen molar-refractivity contribution in [2.45, 2.75) is 32.2 Å². The number of rotatable bonds is 2. The number of aryl methyl sites for hydroxylation is 1. The minimum absolute atomic E-state index is 0.188. The number of nitrogens with one attached hydrogen (secondary N) is 1. The third-order valence-electron chi connectivity index (χ3n) is 4.84. The molecule has 0 aromatic heterocycles. The second-order valence-electron chi connectivity index (χ2n) is 6.16. The van der Waals surface area contributed by atoms with Crippen LogP contribution in [0.2, 0.25) is 0 Å². The molecular weight excluding hydrogens is 262 g/mol. The molecule has 2 aliphatic heterocycles. The van der Waals surface area contributed by atoms with Crippen LogP contribution >= 0.6 is 0 Å². The number of anilines is 1. The number of fused-ring (bicyclic) bond motifs is 1. The van der Waals surface area contributed by atoms with E-state index in [-0.39, 0.29) is 5.91 Å². The van der Waals surface area contributed by atoms with E-state index in [1.807, 2.05) is 17.0 Å². The molecule has 1 N–H and O–H groups in total. The summed E-state index contributed by atoms with van der Waals surface area (Å²) < 4.78 is 0. The fourth-order valence-electron chi connectivity index (χ4n) is 3.43. The zero-order valence-electron chi connectivity index (χ0n) is 13.1. The van der Waals surface area contributed by atoms with Gasteiger partial charge in [-0.1, -0.05) is 19.1 Å². The average molecular weight is 287 g/mol. The van der Waals surface area contributed by atoms with Crippen molar-refractivity contribution in [3.63, 3.8) is 0 Å². The topological polar surface area (TPSA) is 35.6 Å². The van der Waals surface area contributed by atoms with Crippen LogP contribution in [-0.2, 0) is 6.42 Å². The summed E-state index contributed by atoms with van der Waals surface area (Å²) in [4.78, 5) is 17.3. The molecule has 1 saturated heterocycles. The normalized spacial score (nSPS) is 22.6. The van der Waals surface area contributed by atoms with E-state index in [0.717, 1.165) is 56.7 Å². The van der Waals surface area contributed by atoms with Gasteiger partial charge < -0.3 is 10.2 Å². The Kier molecular flexibility index (Phi) is 4.15. The van der Waals surface area contributed by atoms with Gasteiger partial charge in [0.25, 0.3) is 5.91 Å². The zero-order chi connectivity index (χ0) is 14.8. The van der Waals surface area contributed by atoms with Crippen molar-refractivity contribution >= 4 is 11.6 Å². The van der Waals surface area contributed by atoms with Gasteiger partial charge in [0.1, 0.15) is 0 Å². The lowest BCUT2D eigenvalue weighted by molar-refractivity contribution is 0.0542. The number of nitrogens with zero attached hydrogens (tertiary/aromatic N) is 2. The minimum Gasteiger partial charge on any atom is -0.384 e. The van der Waals surface area contributed by atoms with E-state index in [4.69, 9.17) is 0 Å². The molecule has 0 saturated carbocycles. The predicted octanol–water partition coefficient (Wildman–Crippen LogP) is 2.21. The average Bonchev–Trinajstić information content (AvgIpc) is 2.54. The first-order chi connectivity index (χ1) is 10.2. The first-order valence-corrected chi connectivity index (χ1v) is 8.06. The Morgan fingerprint density at radius 3 is 3.05 bits per heavy atom. The molecule has 1 fully saturated rings. The summed E-state index contributed by atoms with van der Waals surface area (Å²) in [5.41, 5.74) is 3.21. The number of para-hydroxylation sites is 1. The summed E-state index contributed by atoms with van der Waals surface area (Å²) in [5, 5.41) is 3.43. The number of carbonyl (C=O) groups is 1. The van der Waals surface area contributed by atoms with Gasteiger partial charge >= 0.3 is 0 Å². The van der Waals surface area contributed by atoms with Gasteiger partial charge in [-0.25, -0.2) is 0 Å². The van der Waals surface area contributed by atoms with Crippen LogP contribution in [0.15, 0.2) is 18.2 Å². The maximum atomic E-state index is 12.9. The largest absolute Gasteiger partial charge is 0.384 e. The predicted molar refractivity (Wildman–Crippen MR) is 85.9 cm³/mol. The second-order valence-corrected chi connectivity index (χ2v) is 6.16. The van der Waals surface area contributed by atoms with E-state index >= 15 is 0 Å². The van der Waals surface area contributed by atoms with Crippen LogP contribution in [-0.4, -0.2) is 55.0 Å². The molecule has 0 bridgehead atoms. The van der Waals surface area contributed by atoms with Gasteiger partial charge in [0.15, 0.2) is 0 Å². The quantitative estimate of drug-likeness (QED) is 0.906. The van der Waals surface area contributed by atoms with Crippen LogP contribution in [0.25, 0.3) is 0 Å². The van der Waals surface area contributed by atoms with Gasteiger partial charge in [0, 0.05) is 32.2 Å². The third kappa shape index (κ3) is 2.77. The van der Waals surface area contributed by atoms with Crippen molar-refractivity contribution in [3.8, 4) is 0 Å². The van der Waals surface area contributed by atoms with E-state index < -0.39 is 0 Å². The van der Waals surface area contributed by atoms with Gasteiger partial charge in [0.2, 0.25) is 0 Å². The lowest BCUT2D eigenvalue weighted by Crippen LogP contribution is -2.53. The molecule has 1 atom stereocenters. The lowest BCUT2D eigenvalue weighted by atomic mass is 9.98. The molecule has 1 unspecified atom stereocenters. The molecule has 1 aromatic carbocycles. The van der Waals surface area contributed by atoms with Crippen molar-refractivity contribution in [1.82, 2.24) is 9.80 Å². The molecule has 4 heteroatoms. The molecule has 0 radical (unpaired) electrons. The highest BCUT2D eigenvalue weighted by molar-refractivity contribution is 6.00. The van der Waals surface area contributed by atoms with Crippen LogP contribution in [0, 0.1) is 0 Å². The zero-order valence-corrected chi connectivity index (χ0v) is 13.1. The molecule has 1 aromatic rings. The van der Waals surface area contributed by atoms with Gasteiger partial charge in [-0.2, -0.15) is 0 Å². The number of hydrogen-bond acceptors (Lipinski definition) is 3. The first-order valence-electron chi connectivity index (χ1n) is 8.06. The number of benzene rings is 1. The van der Waals surface area contributed by atoms with Gasteiger partial charge in [-0.05, 0) is 37.9 Å². The monoisotopic (exact) mass is 287 g/mol. The van der Waals surface area contributed by atoms with Crippen LogP contribution in [0.1, 0.15) is 35.7 Å². The molecule has 4 nitrogen and oxygen atoms in total. The van der Waals surface area contributed by atoms with E-state index in [1.165, 1.54) is 5.56 Å². The standard InChI is InChI=1S/C17H25N3O/c1-3-14-12-20(11-10-19(14)2)17(21)15-8-4-6-13-7-5-9-18-16(13)15/h4,6,8,14,18H,3,5,7,9-12H2,1-2H3. The summed E-state index contributed by atoms with van der Waals surface area (Å²) in [7, 11) is 2.15. The molecule has 2 heterocycles. The Hall–Kier alpha value is -1.55. The maximum Gasteiger partial charge on any atom is 0.256 e. The Morgan fingerprint density at radius 2 is 2.24 bits per heavy atom. The number of carbonyl (C=O) groups excluding carboxylic acids is 1. The molecule has 21 heavy (non-hydrogen) atoms. The molecule has 0 spiro atoms. The molecule has 2 aliphatic rings. The van der Waals surface area contributed by atoms with E-state index in [9.17, 15) is 4.79 Å². The molecule has 1 amide bonds. The van der Waals surface area contributed by atoms with Crippen molar-refractivity contribution < 1.29 is 4.79 Å². The van der Waals surface area contributed by atoms with Gasteiger partial charge in [0.05, 0.1) is 11.3 Å². The minimum atomic E-state index is 0.188. The smallest absolute Gasteiger partial charge is 0.256 e. The summed E-state index contributed by atoms with van der Waals surface area (Å²) in [5.74, 6) is 0.188. The van der Waals surface area contributed by atoms with Crippen LogP contribution in [0.3, 0.4) is 0 Å². The molecule has 114 valence electrons. The van der Waals surface area contributed by atoms with E-state index in [0.29, 0.717) is 6.04 Å². The van der Waals surface area contributed by atoms with Crippen LogP contribution in [0.4, 0.5) is 5.69 Å². The van der Waals surface area contributed by atoms with Crippen molar-refractivity contribution in [2.75, 3.05) is 38.5 Å². The van der Waals surface area contributed by atoms with Crippen LogP contribution < -0.4 is 5.32 Å². The maximum absolute atomic E-state index is 12.9. The summed E-state index contributed by atoms with van der Waals surface area (Å²) in [6.07, 6.45) is 3.31. The highest BCUT2D eigenvalue weighted by Crippen LogP contribution is 2.27. The Morgan fingerprint density at radius 1 is 1.38 bits per heavy atom. The number of piperazine rings is 1. The number of hydrogen-bond donors (Lipinski definition) is 1. The Bertz CT molecular complexity index is 529. The van der Waals surface area contributed by atoms with Crippen LogP contribution in [0.5, 0.6) is 0 Å². The number of amides is 1. The van der Waals surface area contributed by atoms with E-state index in [2.05, 4.69) is 30.3 Å². The van der Waals surface area contributed by atoms with Gasteiger partial charge in [-0.15, -0.1) is 0 Å². The SMILES string of the molecule is CCC1CN(C(=O)c2cccc3c2NCCC3)CCN1C. The molecular formula is C17H25N3O. The summed E-state index contributed by atoms with van der Waals surface area (Å²) >= 11 is 0. The first kappa shape index (κ1) is 14.4. The van der Waals surface area contributed by atoms with Gasteiger partial charge in [-0.3, -0.25) is 9.69 Å². The summed E-state index contributed by atoms with van der Waals surface area (Å²) in [6.45, 7) is 5.80. The summed E-state index contributed by atoms with van der Waals surface area (Å²) in [6, 6.07) is 6.61. The van der Waals surface area contributed by atoms with Crippen molar-refractivity contribution in [1.29, 1.82) is 0 Å².